The summed E-state index contributed by atoms with van der Waals surface area (Å²) in [5.74, 6) is -0.556. The molecule has 10 heteroatoms. The number of anilines is 1. The van der Waals surface area contributed by atoms with Gasteiger partial charge in [0.2, 0.25) is 11.8 Å². The second-order valence-corrected chi connectivity index (χ2v) is 13.2. The van der Waals surface area contributed by atoms with E-state index >= 15 is 0 Å². The SMILES string of the molecule is CC[C@@H](C(=O)NCC(C)C)N(Cc1ccc(Cl)cc1)C(=O)CN(c1cccc(Br)c1)S(=O)(=O)c1ccc(C)cc1. The van der Waals surface area contributed by atoms with E-state index in [0.717, 1.165) is 15.4 Å². The lowest BCUT2D eigenvalue weighted by molar-refractivity contribution is -0.140. The van der Waals surface area contributed by atoms with Crippen molar-refractivity contribution >= 4 is 55.1 Å². The number of benzene rings is 3. The van der Waals surface area contributed by atoms with Gasteiger partial charge in [-0.15, -0.1) is 0 Å². The van der Waals surface area contributed by atoms with Crippen LogP contribution in [0.15, 0.2) is 82.2 Å². The smallest absolute Gasteiger partial charge is 0.264 e. The molecule has 1 N–H and O–H groups in total. The minimum Gasteiger partial charge on any atom is -0.354 e. The highest BCUT2D eigenvalue weighted by Crippen LogP contribution is 2.27. The molecule has 0 bridgehead atoms. The number of hydrogen-bond acceptors (Lipinski definition) is 4. The van der Waals surface area contributed by atoms with E-state index in [1.807, 2.05) is 27.7 Å². The highest BCUT2D eigenvalue weighted by atomic mass is 79.9. The molecule has 0 aliphatic rings. The Labute approximate surface area is 250 Å². The van der Waals surface area contributed by atoms with Crippen LogP contribution in [0.4, 0.5) is 5.69 Å². The molecular weight excluding hydrogens is 614 g/mol. The topological polar surface area (TPSA) is 86.8 Å². The second kappa shape index (κ2) is 14.1. The van der Waals surface area contributed by atoms with Gasteiger partial charge in [0.15, 0.2) is 0 Å². The monoisotopic (exact) mass is 647 g/mol. The van der Waals surface area contributed by atoms with Gasteiger partial charge in [0.25, 0.3) is 10.0 Å². The van der Waals surface area contributed by atoms with Crippen LogP contribution in [0.2, 0.25) is 5.02 Å². The number of rotatable bonds is 12. The second-order valence-electron chi connectivity index (χ2n) is 10.0. The summed E-state index contributed by atoms with van der Waals surface area (Å²) in [5.41, 5.74) is 2.01. The Hall–Kier alpha value is -2.88. The van der Waals surface area contributed by atoms with Gasteiger partial charge in [0, 0.05) is 22.6 Å². The number of aryl methyl sites for hydroxylation is 1. The minimum absolute atomic E-state index is 0.0665. The molecule has 0 aromatic heterocycles. The lowest BCUT2D eigenvalue weighted by atomic mass is 10.1. The largest absolute Gasteiger partial charge is 0.354 e. The molecule has 0 aliphatic carbocycles. The van der Waals surface area contributed by atoms with E-state index in [2.05, 4.69) is 21.2 Å². The summed E-state index contributed by atoms with van der Waals surface area (Å²) in [6, 6.07) is 19.5. The highest BCUT2D eigenvalue weighted by molar-refractivity contribution is 9.10. The van der Waals surface area contributed by atoms with Gasteiger partial charge in [-0.25, -0.2) is 8.42 Å². The van der Waals surface area contributed by atoms with Gasteiger partial charge in [0.1, 0.15) is 12.6 Å². The number of nitrogens with one attached hydrogen (secondary N) is 1. The van der Waals surface area contributed by atoms with Crippen LogP contribution in [0.3, 0.4) is 0 Å². The number of amides is 2. The van der Waals surface area contributed by atoms with Crippen molar-refractivity contribution in [1.29, 1.82) is 0 Å². The average Bonchev–Trinajstić information content (AvgIpc) is 2.91. The number of sulfonamides is 1. The number of hydrogen-bond donors (Lipinski definition) is 1. The molecule has 0 unspecified atom stereocenters. The van der Waals surface area contributed by atoms with Gasteiger partial charge < -0.3 is 10.2 Å². The third-order valence-corrected chi connectivity index (χ3v) is 8.85. The quantitative estimate of drug-likeness (QED) is 0.254. The minimum atomic E-state index is -4.12. The van der Waals surface area contributed by atoms with Crippen molar-refractivity contribution in [2.24, 2.45) is 5.92 Å². The molecule has 3 rings (SSSR count). The maximum atomic E-state index is 14.1. The molecule has 0 radical (unpaired) electrons. The Morgan fingerprint density at radius 1 is 1.00 bits per heavy atom. The van der Waals surface area contributed by atoms with E-state index in [-0.39, 0.29) is 23.3 Å². The van der Waals surface area contributed by atoms with Crippen LogP contribution in [0, 0.1) is 12.8 Å². The van der Waals surface area contributed by atoms with Crippen molar-refractivity contribution in [3.05, 3.63) is 93.4 Å². The molecular formula is C30H35BrClN3O4S. The van der Waals surface area contributed by atoms with Crippen molar-refractivity contribution in [3.8, 4) is 0 Å². The number of carbonyl (C=O) groups is 2. The molecule has 7 nitrogen and oxygen atoms in total. The van der Waals surface area contributed by atoms with Crippen molar-refractivity contribution in [2.45, 2.75) is 51.6 Å². The van der Waals surface area contributed by atoms with E-state index < -0.39 is 28.5 Å². The van der Waals surface area contributed by atoms with Crippen LogP contribution in [0.5, 0.6) is 0 Å². The molecule has 1 atom stereocenters. The molecule has 0 saturated heterocycles. The van der Waals surface area contributed by atoms with Crippen LogP contribution in [0.1, 0.15) is 38.3 Å². The van der Waals surface area contributed by atoms with E-state index in [4.69, 9.17) is 11.6 Å². The van der Waals surface area contributed by atoms with Gasteiger partial charge in [0.05, 0.1) is 10.6 Å². The Kier molecular flexibility index (Phi) is 11.2. The summed E-state index contributed by atoms with van der Waals surface area (Å²) in [4.78, 5) is 28.8. The molecule has 0 aliphatic heterocycles. The molecule has 0 heterocycles. The predicted octanol–water partition coefficient (Wildman–Crippen LogP) is 6.19. The first kappa shape index (κ1) is 31.6. The molecule has 3 aromatic rings. The summed E-state index contributed by atoms with van der Waals surface area (Å²) >= 11 is 9.48. The normalized spacial score (nSPS) is 12.2. The Morgan fingerprint density at radius 3 is 2.23 bits per heavy atom. The van der Waals surface area contributed by atoms with Crippen LogP contribution in [-0.4, -0.2) is 44.3 Å². The standard InChI is InChI=1S/C30H35BrClN3O4S/c1-5-28(30(37)33-18-21(2)3)34(19-23-11-13-25(32)14-12-23)29(36)20-35(26-8-6-7-24(31)17-26)40(38,39)27-15-9-22(4)10-16-27/h6-17,21,28H,5,18-20H2,1-4H3,(H,33,37)/t28-/m0/s1. The Morgan fingerprint density at radius 2 is 1.65 bits per heavy atom. The molecule has 3 aromatic carbocycles. The maximum absolute atomic E-state index is 14.1. The number of carbonyl (C=O) groups excluding carboxylic acids is 2. The molecule has 0 spiro atoms. The third-order valence-electron chi connectivity index (χ3n) is 6.32. The number of halogens is 2. The van der Waals surface area contributed by atoms with Gasteiger partial charge in [-0.05, 0) is 67.3 Å². The summed E-state index contributed by atoms with van der Waals surface area (Å²) in [5, 5.41) is 3.47. The van der Waals surface area contributed by atoms with Crippen molar-refractivity contribution < 1.29 is 18.0 Å². The van der Waals surface area contributed by atoms with Gasteiger partial charge in [-0.3, -0.25) is 13.9 Å². The molecule has 40 heavy (non-hydrogen) atoms. The fraction of sp³-hybridized carbons (Fsp3) is 0.333. The van der Waals surface area contributed by atoms with E-state index in [9.17, 15) is 18.0 Å². The third kappa shape index (κ3) is 8.32. The highest BCUT2D eigenvalue weighted by Gasteiger charge is 2.33. The molecule has 2 amide bonds. The zero-order valence-corrected chi connectivity index (χ0v) is 26.3. The van der Waals surface area contributed by atoms with E-state index in [1.54, 1.807) is 60.7 Å². The van der Waals surface area contributed by atoms with Crippen LogP contribution in [0.25, 0.3) is 0 Å². The zero-order valence-electron chi connectivity index (χ0n) is 23.1. The summed E-state index contributed by atoms with van der Waals surface area (Å²) in [7, 11) is -4.12. The predicted molar refractivity (Wildman–Crippen MR) is 164 cm³/mol. The van der Waals surface area contributed by atoms with Gasteiger partial charge in [-0.1, -0.05) is 84.2 Å². The van der Waals surface area contributed by atoms with Crippen LogP contribution < -0.4 is 9.62 Å². The lowest BCUT2D eigenvalue weighted by Crippen LogP contribution is -2.52. The first-order valence-corrected chi connectivity index (χ1v) is 15.7. The first-order valence-electron chi connectivity index (χ1n) is 13.1. The van der Waals surface area contributed by atoms with Crippen LogP contribution >= 0.6 is 27.5 Å². The summed E-state index contributed by atoms with van der Waals surface area (Å²) in [6.07, 6.45) is 0.352. The van der Waals surface area contributed by atoms with Gasteiger partial charge in [-0.2, -0.15) is 0 Å². The van der Waals surface area contributed by atoms with E-state index in [1.165, 1.54) is 17.0 Å². The number of nitrogens with zero attached hydrogens (tertiary/aromatic N) is 2. The van der Waals surface area contributed by atoms with Gasteiger partial charge >= 0.3 is 0 Å². The Balaban J connectivity index is 2.04. The molecule has 0 saturated carbocycles. The van der Waals surface area contributed by atoms with E-state index in [0.29, 0.717) is 28.1 Å². The average molecular weight is 649 g/mol. The fourth-order valence-corrected chi connectivity index (χ4v) is 6.05. The molecule has 214 valence electrons. The van der Waals surface area contributed by atoms with Crippen LogP contribution in [-0.2, 0) is 26.2 Å². The lowest BCUT2D eigenvalue weighted by Gasteiger charge is -2.33. The summed E-state index contributed by atoms with van der Waals surface area (Å²) < 4.78 is 29.6. The maximum Gasteiger partial charge on any atom is 0.264 e. The zero-order chi connectivity index (χ0) is 29.4. The summed E-state index contributed by atoms with van der Waals surface area (Å²) in [6.45, 7) is 7.76. The molecule has 0 fully saturated rings. The fourth-order valence-electron chi connectivity index (χ4n) is 4.13. The van der Waals surface area contributed by atoms with Crippen molar-refractivity contribution in [2.75, 3.05) is 17.4 Å². The van der Waals surface area contributed by atoms with Crippen molar-refractivity contribution in [3.63, 3.8) is 0 Å². The first-order chi connectivity index (χ1) is 18.9. The Bertz CT molecular complexity index is 1410. The van der Waals surface area contributed by atoms with Crippen molar-refractivity contribution in [1.82, 2.24) is 10.2 Å².